The lowest BCUT2D eigenvalue weighted by Crippen LogP contribution is -2.30. The van der Waals surface area contributed by atoms with Gasteiger partial charge in [-0.1, -0.05) is 24.3 Å². The SMILES string of the molecule is O=C(Nc1ccccc1F)c1cc2n(n1)CCCN(Cc1ccc(F)cc1)C2=O. The molecule has 2 aromatic carbocycles. The molecular weight excluding hydrogens is 378 g/mol. The van der Waals surface area contributed by atoms with E-state index in [1.54, 1.807) is 23.1 Å². The number of nitrogens with zero attached hydrogens (tertiary/aromatic N) is 3. The molecule has 4 rings (SSSR count). The van der Waals surface area contributed by atoms with Crippen molar-refractivity contribution < 1.29 is 18.4 Å². The average Bonchev–Trinajstić information content (AvgIpc) is 3.08. The fraction of sp³-hybridized carbons (Fsp3) is 0.190. The molecule has 1 N–H and O–H groups in total. The molecule has 1 aliphatic rings. The fourth-order valence-corrected chi connectivity index (χ4v) is 3.26. The predicted molar refractivity (Wildman–Crippen MR) is 102 cm³/mol. The summed E-state index contributed by atoms with van der Waals surface area (Å²) >= 11 is 0. The number of carbonyl (C=O) groups is 2. The molecule has 0 bridgehead atoms. The van der Waals surface area contributed by atoms with Gasteiger partial charge in [0.1, 0.15) is 17.3 Å². The van der Waals surface area contributed by atoms with Crippen molar-refractivity contribution >= 4 is 17.5 Å². The summed E-state index contributed by atoms with van der Waals surface area (Å²) < 4.78 is 28.4. The van der Waals surface area contributed by atoms with Gasteiger partial charge in [-0.25, -0.2) is 8.78 Å². The lowest BCUT2D eigenvalue weighted by atomic mass is 10.2. The molecule has 2 amide bonds. The van der Waals surface area contributed by atoms with Crippen LogP contribution in [0.15, 0.2) is 54.6 Å². The standard InChI is InChI=1S/C21H18F2N4O2/c22-15-8-6-14(7-9-15)13-26-10-3-11-27-19(21(26)29)12-18(25-27)20(28)24-17-5-2-1-4-16(17)23/h1-2,4-9,12H,3,10-11,13H2,(H,24,28). The Bertz CT molecular complexity index is 1060. The van der Waals surface area contributed by atoms with Crippen molar-refractivity contribution in [2.75, 3.05) is 11.9 Å². The highest BCUT2D eigenvalue weighted by Crippen LogP contribution is 2.19. The van der Waals surface area contributed by atoms with Gasteiger partial charge in [0.15, 0.2) is 5.69 Å². The summed E-state index contributed by atoms with van der Waals surface area (Å²) in [6, 6.07) is 13.2. The number of halogens is 2. The first-order chi connectivity index (χ1) is 14.0. The summed E-state index contributed by atoms with van der Waals surface area (Å²) in [5, 5.41) is 6.70. The summed E-state index contributed by atoms with van der Waals surface area (Å²) in [5.74, 6) is -1.74. The Balaban J connectivity index is 1.54. The molecule has 1 aliphatic heterocycles. The van der Waals surface area contributed by atoms with Crippen molar-refractivity contribution in [2.45, 2.75) is 19.5 Å². The van der Waals surface area contributed by atoms with Crippen LogP contribution in [0, 0.1) is 11.6 Å². The highest BCUT2D eigenvalue weighted by Gasteiger charge is 2.26. The number of aromatic nitrogens is 2. The molecule has 1 aromatic heterocycles. The molecule has 29 heavy (non-hydrogen) atoms. The lowest BCUT2D eigenvalue weighted by molar-refractivity contribution is 0.0745. The highest BCUT2D eigenvalue weighted by molar-refractivity contribution is 6.04. The van der Waals surface area contributed by atoms with Gasteiger partial charge in [-0.05, 0) is 36.2 Å². The Morgan fingerprint density at radius 1 is 1.07 bits per heavy atom. The molecule has 0 saturated carbocycles. The van der Waals surface area contributed by atoms with E-state index in [-0.39, 0.29) is 23.1 Å². The second-order valence-corrected chi connectivity index (χ2v) is 6.78. The third-order valence-corrected chi connectivity index (χ3v) is 4.73. The zero-order chi connectivity index (χ0) is 20.4. The minimum Gasteiger partial charge on any atom is -0.333 e. The number of fused-ring (bicyclic) bond motifs is 1. The molecule has 0 atom stereocenters. The first kappa shape index (κ1) is 18.8. The van der Waals surface area contributed by atoms with Crippen molar-refractivity contribution in [1.82, 2.24) is 14.7 Å². The lowest BCUT2D eigenvalue weighted by Gasteiger charge is -2.20. The van der Waals surface area contributed by atoms with E-state index in [0.717, 1.165) is 5.56 Å². The maximum atomic E-state index is 13.8. The number of amides is 2. The van der Waals surface area contributed by atoms with Gasteiger partial charge in [0.05, 0.1) is 5.69 Å². The summed E-state index contributed by atoms with van der Waals surface area (Å²) in [6.07, 6.45) is 0.663. The van der Waals surface area contributed by atoms with E-state index in [1.165, 1.54) is 41.1 Å². The number of anilines is 1. The molecule has 3 aromatic rings. The summed E-state index contributed by atoms with van der Waals surface area (Å²) in [4.78, 5) is 27.1. The first-order valence-corrected chi connectivity index (χ1v) is 9.19. The van der Waals surface area contributed by atoms with Gasteiger partial charge in [-0.15, -0.1) is 0 Å². The molecule has 6 nitrogen and oxygen atoms in total. The molecule has 2 heterocycles. The second-order valence-electron chi connectivity index (χ2n) is 6.78. The monoisotopic (exact) mass is 396 g/mol. The first-order valence-electron chi connectivity index (χ1n) is 9.19. The average molecular weight is 396 g/mol. The van der Waals surface area contributed by atoms with Gasteiger partial charge in [0.25, 0.3) is 11.8 Å². The van der Waals surface area contributed by atoms with Crippen LogP contribution in [0.5, 0.6) is 0 Å². The van der Waals surface area contributed by atoms with E-state index in [2.05, 4.69) is 10.4 Å². The highest BCUT2D eigenvalue weighted by atomic mass is 19.1. The number of rotatable bonds is 4. The maximum Gasteiger partial charge on any atom is 0.276 e. The quantitative estimate of drug-likeness (QED) is 0.735. The van der Waals surface area contributed by atoms with Crippen molar-refractivity contribution in [3.05, 3.63) is 83.2 Å². The minimum absolute atomic E-state index is 0.0419. The number of hydrogen-bond donors (Lipinski definition) is 1. The number of nitrogens with one attached hydrogen (secondary N) is 1. The van der Waals surface area contributed by atoms with Crippen molar-refractivity contribution in [3.8, 4) is 0 Å². The van der Waals surface area contributed by atoms with E-state index >= 15 is 0 Å². The molecule has 0 aliphatic carbocycles. The van der Waals surface area contributed by atoms with Crippen LogP contribution in [-0.4, -0.2) is 33.0 Å². The van der Waals surface area contributed by atoms with Crippen LogP contribution in [0.3, 0.4) is 0 Å². The third kappa shape index (κ3) is 4.01. The van der Waals surface area contributed by atoms with Crippen molar-refractivity contribution in [3.63, 3.8) is 0 Å². The molecule has 148 valence electrons. The number of benzene rings is 2. The number of carbonyl (C=O) groups excluding carboxylic acids is 2. The summed E-state index contributed by atoms with van der Waals surface area (Å²) in [7, 11) is 0. The minimum atomic E-state index is -0.589. The van der Waals surface area contributed by atoms with Gasteiger partial charge >= 0.3 is 0 Å². The van der Waals surface area contributed by atoms with E-state index in [0.29, 0.717) is 31.7 Å². The zero-order valence-electron chi connectivity index (χ0n) is 15.4. The third-order valence-electron chi connectivity index (χ3n) is 4.73. The van der Waals surface area contributed by atoms with E-state index in [9.17, 15) is 18.4 Å². The Labute approximate surface area is 165 Å². The Kier molecular flexibility index (Phi) is 5.07. The van der Waals surface area contributed by atoms with Gasteiger partial charge in [0.2, 0.25) is 0 Å². The predicted octanol–water partition coefficient (Wildman–Crippen LogP) is 3.46. The molecule has 0 radical (unpaired) electrons. The second kappa shape index (κ2) is 7.83. The van der Waals surface area contributed by atoms with E-state index < -0.39 is 11.7 Å². The van der Waals surface area contributed by atoms with Crippen LogP contribution in [0.1, 0.15) is 33.0 Å². The molecule has 0 unspecified atom stereocenters. The van der Waals surface area contributed by atoms with Crippen molar-refractivity contribution in [1.29, 1.82) is 0 Å². The summed E-state index contributed by atoms with van der Waals surface area (Å²) in [5.41, 5.74) is 1.19. The molecule has 0 spiro atoms. The smallest absolute Gasteiger partial charge is 0.276 e. The molecular formula is C21H18F2N4O2. The fourth-order valence-electron chi connectivity index (χ4n) is 3.26. The largest absolute Gasteiger partial charge is 0.333 e. The van der Waals surface area contributed by atoms with Crippen LogP contribution in [-0.2, 0) is 13.1 Å². The van der Waals surface area contributed by atoms with Crippen LogP contribution in [0.25, 0.3) is 0 Å². The topological polar surface area (TPSA) is 67.2 Å². The molecule has 0 saturated heterocycles. The van der Waals surface area contributed by atoms with Gasteiger partial charge in [0, 0.05) is 25.7 Å². The van der Waals surface area contributed by atoms with E-state index in [1.807, 2.05) is 0 Å². The van der Waals surface area contributed by atoms with E-state index in [4.69, 9.17) is 0 Å². The van der Waals surface area contributed by atoms with Crippen LogP contribution >= 0.6 is 0 Å². The normalized spacial score (nSPS) is 13.7. The van der Waals surface area contributed by atoms with Crippen LogP contribution in [0.2, 0.25) is 0 Å². The van der Waals surface area contributed by atoms with Gasteiger partial charge in [-0.2, -0.15) is 5.10 Å². The summed E-state index contributed by atoms with van der Waals surface area (Å²) in [6.45, 7) is 1.34. The van der Waals surface area contributed by atoms with Gasteiger partial charge < -0.3 is 10.2 Å². The number of aryl methyl sites for hydroxylation is 1. The number of hydrogen-bond acceptors (Lipinski definition) is 3. The Hall–Kier alpha value is -3.55. The molecule has 0 fully saturated rings. The Morgan fingerprint density at radius 3 is 2.59 bits per heavy atom. The number of para-hydroxylation sites is 1. The maximum absolute atomic E-state index is 13.8. The Morgan fingerprint density at radius 2 is 1.83 bits per heavy atom. The zero-order valence-corrected chi connectivity index (χ0v) is 15.4. The van der Waals surface area contributed by atoms with Gasteiger partial charge in [-0.3, -0.25) is 14.3 Å². The van der Waals surface area contributed by atoms with Crippen LogP contribution in [0.4, 0.5) is 14.5 Å². The van der Waals surface area contributed by atoms with Crippen molar-refractivity contribution in [2.24, 2.45) is 0 Å². The van der Waals surface area contributed by atoms with Crippen LogP contribution < -0.4 is 5.32 Å². The molecule has 8 heteroatoms.